The lowest BCUT2D eigenvalue weighted by Crippen LogP contribution is -2.58. The molecule has 0 aliphatic carbocycles. The first-order valence-electron chi connectivity index (χ1n) is 10.6. The Labute approximate surface area is 193 Å². The Balaban J connectivity index is 2.20. The van der Waals surface area contributed by atoms with Crippen LogP contribution in [0.4, 0.5) is 5.69 Å². The SMILES string of the molecule is CCOC(=O)CN(C(CC)CC)C1(Cc2cccc(Cl)c2)C(=O)Nc2cc(Cl)ccc21. The maximum atomic E-state index is 13.7. The molecule has 0 bridgehead atoms. The lowest BCUT2D eigenvalue weighted by molar-refractivity contribution is -0.149. The lowest BCUT2D eigenvalue weighted by Gasteiger charge is -2.43. The van der Waals surface area contributed by atoms with Crippen molar-refractivity contribution in [2.75, 3.05) is 18.5 Å². The third-order valence-electron chi connectivity index (χ3n) is 5.88. The van der Waals surface area contributed by atoms with Crippen LogP contribution in [0.25, 0.3) is 0 Å². The first kappa shape index (κ1) is 23.6. The van der Waals surface area contributed by atoms with Crippen molar-refractivity contribution in [3.05, 3.63) is 63.6 Å². The highest BCUT2D eigenvalue weighted by Crippen LogP contribution is 2.45. The summed E-state index contributed by atoms with van der Waals surface area (Å²) in [6, 6.07) is 12.9. The number of rotatable bonds is 9. The van der Waals surface area contributed by atoms with Crippen LogP contribution in [-0.4, -0.2) is 36.0 Å². The maximum absolute atomic E-state index is 13.7. The van der Waals surface area contributed by atoms with Crippen molar-refractivity contribution in [1.82, 2.24) is 4.90 Å². The Morgan fingerprint density at radius 2 is 1.81 bits per heavy atom. The summed E-state index contributed by atoms with van der Waals surface area (Å²) in [5.74, 6) is -0.531. The molecule has 0 fully saturated rings. The van der Waals surface area contributed by atoms with Crippen molar-refractivity contribution < 1.29 is 14.3 Å². The van der Waals surface area contributed by atoms with Gasteiger partial charge in [-0.1, -0.05) is 55.2 Å². The number of nitrogens with one attached hydrogen (secondary N) is 1. The van der Waals surface area contributed by atoms with E-state index in [9.17, 15) is 9.59 Å². The summed E-state index contributed by atoms with van der Waals surface area (Å²) in [6.07, 6.45) is 1.93. The zero-order valence-electron chi connectivity index (χ0n) is 18.1. The lowest BCUT2D eigenvalue weighted by atomic mass is 9.81. The minimum atomic E-state index is -1.09. The molecule has 31 heavy (non-hydrogen) atoms. The van der Waals surface area contributed by atoms with Gasteiger partial charge >= 0.3 is 5.97 Å². The Morgan fingerprint density at radius 1 is 1.10 bits per heavy atom. The molecule has 1 heterocycles. The molecule has 0 saturated heterocycles. The number of hydrogen-bond donors (Lipinski definition) is 1. The molecule has 166 valence electrons. The highest BCUT2D eigenvalue weighted by molar-refractivity contribution is 6.31. The minimum Gasteiger partial charge on any atom is -0.465 e. The van der Waals surface area contributed by atoms with Gasteiger partial charge in [0.2, 0.25) is 5.91 Å². The van der Waals surface area contributed by atoms with E-state index < -0.39 is 5.54 Å². The number of carbonyl (C=O) groups excluding carboxylic acids is 2. The Bertz CT molecular complexity index is 962. The van der Waals surface area contributed by atoms with Gasteiger partial charge in [-0.15, -0.1) is 0 Å². The topological polar surface area (TPSA) is 58.6 Å². The number of benzene rings is 2. The normalized spacial score (nSPS) is 17.7. The molecule has 0 saturated carbocycles. The molecule has 1 amide bonds. The van der Waals surface area contributed by atoms with Gasteiger partial charge in [0.25, 0.3) is 0 Å². The zero-order chi connectivity index (χ0) is 22.6. The van der Waals surface area contributed by atoms with Crippen LogP contribution in [-0.2, 0) is 26.3 Å². The van der Waals surface area contributed by atoms with Gasteiger partial charge in [0.05, 0.1) is 13.2 Å². The van der Waals surface area contributed by atoms with E-state index >= 15 is 0 Å². The van der Waals surface area contributed by atoms with Gasteiger partial charge in [-0.3, -0.25) is 14.5 Å². The molecule has 1 unspecified atom stereocenters. The fourth-order valence-electron chi connectivity index (χ4n) is 4.48. The second kappa shape index (κ2) is 10.0. The monoisotopic (exact) mass is 462 g/mol. The van der Waals surface area contributed by atoms with Crippen molar-refractivity contribution in [1.29, 1.82) is 0 Å². The van der Waals surface area contributed by atoms with E-state index in [2.05, 4.69) is 19.2 Å². The maximum Gasteiger partial charge on any atom is 0.320 e. The molecule has 2 aromatic rings. The standard InChI is InChI=1S/C24H28Cl2N2O3/c1-4-19(5-2)28(15-22(29)31-6-3)24(14-16-8-7-9-17(25)12-16)20-11-10-18(26)13-21(20)27-23(24)30/h7-13,19H,4-6,14-15H2,1-3H3,(H,27,30). The van der Waals surface area contributed by atoms with Crippen molar-refractivity contribution in [2.24, 2.45) is 0 Å². The van der Waals surface area contributed by atoms with Crippen LogP contribution in [0.1, 0.15) is 44.7 Å². The Kier molecular flexibility index (Phi) is 7.63. The molecule has 0 radical (unpaired) electrons. The van der Waals surface area contributed by atoms with E-state index in [1.807, 2.05) is 29.2 Å². The molecular formula is C24H28Cl2N2O3. The molecular weight excluding hydrogens is 435 g/mol. The number of carbonyl (C=O) groups is 2. The predicted molar refractivity (Wildman–Crippen MR) is 125 cm³/mol. The van der Waals surface area contributed by atoms with E-state index in [4.69, 9.17) is 27.9 Å². The summed E-state index contributed by atoms with van der Waals surface area (Å²) in [5, 5.41) is 4.14. The van der Waals surface area contributed by atoms with E-state index in [0.29, 0.717) is 22.2 Å². The summed E-state index contributed by atoms with van der Waals surface area (Å²) in [6.45, 7) is 6.20. The summed E-state index contributed by atoms with van der Waals surface area (Å²) >= 11 is 12.5. The zero-order valence-corrected chi connectivity index (χ0v) is 19.6. The molecule has 7 heteroatoms. The summed E-state index contributed by atoms with van der Waals surface area (Å²) < 4.78 is 5.27. The van der Waals surface area contributed by atoms with Crippen LogP contribution in [0.15, 0.2) is 42.5 Å². The van der Waals surface area contributed by atoms with Crippen molar-refractivity contribution in [3.63, 3.8) is 0 Å². The Morgan fingerprint density at radius 3 is 2.45 bits per heavy atom. The molecule has 1 atom stereocenters. The van der Waals surface area contributed by atoms with Gasteiger partial charge in [0.1, 0.15) is 5.54 Å². The van der Waals surface area contributed by atoms with Gasteiger partial charge in [-0.05, 0) is 49.6 Å². The third-order valence-corrected chi connectivity index (χ3v) is 6.35. The molecule has 1 N–H and O–H groups in total. The van der Waals surface area contributed by atoms with E-state index in [1.165, 1.54) is 0 Å². The smallest absolute Gasteiger partial charge is 0.320 e. The van der Waals surface area contributed by atoms with Gasteiger partial charge in [0, 0.05) is 33.8 Å². The second-order valence-corrected chi connectivity index (χ2v) is 8.59. The van der Waals surface area contributed by atoms with Crippen LogP contribution < -0.4 is 5.32 Å². The van der Waals surface area contributed by atoms with E-state index in [1.54, 1.807) is 25.1 Å². The van der Waals surface area contributed by atoms with Crippen LogP contribution in [0.3, 0.4) is 0 Å². The molecule has 1 aliphatic heterocycles. The molecule has 2 aromatic carbocycles. The predicted octanol–water partition coefficient (Wildman–Crippen LogP) is 5.44. The number of halogens is 2. The number of amides is 1. The van der Waals surface area contributed by atoms with Crippen molar-refractivity contribution in [2.45, 2.75) is 51.6 Å². The molecule has 0 aromatic heterocycles. The molecule has 0 spiro atoms. The average Bonchev–Trinajstić information content (AvgIpc) is 2.99. The fourth-order valence-corrected chi connectivity index (χ4v) is 4.87. The first-order valence-corrected chi connectivity index (χ1v) is 11.4. The second-order valence-electron chi connectivity index (χ2n) is 7.71. The summed E-state index contributed by atoms with van der Waals surface area (Å²) in [7, 11) is 0. The number of anilines is 1. The quantitative estimate of drug-likeness (QED) is 0.504. The molecule has 3 rings (SSSR count). The summed E-state index contributed by atoms with van der Waals surface area (Å²) in [5.41, 5.74) is 1.29. The highest BCUT2D eigenvalue weighted by Gasteiger charge is 2.53. The Hall–Kier alpha value is -2.08. The number of esters is 1. The minimum absolute atomic E-state index is 0.00373. The highest BCUT2D eigenvalue weighted by atomic mass is 35.5. The van der Waals surface area contributed by atoms with Crippen molar-refractivity contribution >= 4 is 40.8 Å². The van der Waals surface area contributed by atoms with E-state index in [-0.39, 0.29) is 31.1 Å². The van der Waals surface area contributed by atoms with Gasteiger partial charge < -0.3 is 10.1 Å². The number of nitrogens with zero attached hydrogens (tertiary/aromatic N) is 1. The number of hydrogen-bond acceptors (Lipinski definition) is 4. The first-order chi connectivity index (χ1) is 14.8. The van der Waals surface area contributed by atoms with Crippen molar-refractivity contribution in [3.8, 4) is 0 Å². The third kappa shape index (κ3) is 4.74. The van der Waals surface area contributed by atoms with Crippen LogP contribution >= 0.6 is 23.2 Å². The van der Waals surface area contributed by atoms with Crippen LogP contribution in [0.5, 0.6) is 0 Å². The number of fused-ring (bicyclic) bond motifs is 1. The summed E-state index contributed by atoms with van der Waals surface area (Å²) in [4.78, 5) is 28.3. The van der Waals surface area contributed by atoms with Crippen LogP contribution in [0, 0.1) is 0 Å². The van der Waals surface area contributed by atoms with Crippen LogP contribution in [0.2, 0.25) is 10.0 Å². The molecule has 1 aliphatic rings. The van der Waals surface area contributed by atoms with Gasteiger partial charge in [0.15, 0.2) is 0 Å². The van der Waals surface area contributed by atoms with E-state index in [0.717, 1.165) is 24.0 Å². The average molecular weight is 463 g/mol. The molecule has 5 nitrogen and oxygen atoms in total. The van der Waals surface area contributed by atoms with Gasteiger partial charge in [-0.25, -0.2) is 0 Å². The largest absolute Gasteiger partial charge is 0.465 e. The number of ether oxygens (including phenoxy) is 1. The van der Waals surface area contributed by atoms with Gasteiger partial charge in [-0.2, -0.15) is 0 Å². The fraction of sp³-hybridized carbons (Fsp3) is 0.417.